The molecule has 2 rings (SSSR count). The van der Waals surface area contributed by atoms with Crippen LogP contribution in [0, 0.1) is 18.8 Å². The van der Waals surface area contributed by atoms with Crippen LogP contribution in [0.2, 0.25) is 5.82 Å². The Hall–Kier alpha value is -0.141. The minimum Gasteiger partial charge on any atom is -0.593 e. The Bertz CT molecular complexity index is 393. The van der Waals surface area contributed by atoms with Crippen molar-refractivity contribution < 1.29 is 47.0 Å². The van der Waals surface area contributed by atoms with Crippen LogP contribution in [0.4, 0.5) is 0 Å². The minimum atomic E-state index is -0.598. The predicted molar refractivity (Wildman–Crippen MR) is 61.2 cm³/mol. The van der Waals surface area contributed by atoms with E-state index in [9.17, 15) is 5.11 Å². The molecule has 0 saturated heterocycles. The van der Waals surface area contributed by atoms with Gasteiger partial charge in [-0.15, -0.1) is 6.07 Å². The molecule has 18 heavy (non-hydrogen) atoms. The van der Waals surface area contributed by atoms with E-state index < -0.39 is 6.10 Å². The van der Waals surface area contributed by atoms with E-state index in [1.807, 2.05) is 0 Å². The average Bonchev–Trinajstić information content (AvgIpc) is 2.92. The quantitative estimate of drug-likeness (QED) is 0.671. The van der Waals surface area contributed by atoms with Crippen LogP contribution in [0.15, 0.2) is 16.5 Å². The fourth-order valence-electron chi connectivity index (χ4n) is 2.14. The van der Waals surface area contributed by atoms with E-state index in [1.165, 1.54) is 0 Å². The van der Waals surface area contributed by atoms with E-state index in [1.54, 1.807) is 12.1 Å². The summed E-state index contributed by atoms with van der Waals surface area (Å²) < 4.78 is 10.5. The molecule has 1 fully saturated rings. The molecule has 1 aromatic rings. The second-order valence-electron chi connectivity index (χ2n) is 4.28. The monoisotopic (exact) mass is 319 g/mol. The fraction of sp³-hybridized carbons (Fsp3) is 0.583. The standard InChI is InChI=1S/C12H13BNO3.Y/c1-14-10-5-11(15)12(13)9(10)7-16-6-8-3-2-4-17-8;/h2-3,9-12,15H,5-7H2;/q-1;. The van der Waals surface area contributed by atoms with Crippen LogP contribution >= 0.6 is 0 Å². The van der Waals surface area contributed by atoms with Gasteiger partial charge in [-0.05, 0) is 17.8 Å². The summed E-state index contributed by atoms with van der Waals surface area (Å²) in [4.78, 5) is 3.49. The van der Waals surface area contributed by atoms with Crippen LogP contribution < -0.4 is 0 Å². The van der Waals surface area contributed by atoms with Gasteiger partial charge in [-0.2, -0.15) is 6.07 Å². The third-order valence-electron chi connectivity index (χ3n) is 3.16. The Balaban J connectivity index is 0.00000162. The molecule has 91 valence electrons. The first-order chi connectivity index (χ1) is 8.22. The third-order valence-corrected chi connectivity index (χ3v) is 3.16. The molecule has 6 heteroatoms. The van der Waals surface area contributed by atoms with E-state index in [0.717, 1.165) is 0 Å². The molecule has 1 aliphatic carbocycles. The number of furan rings is 1. The average molecular weight is 319 g/mol. The van der Waals surface area contributed by atoms with Gasteiger partial charge < -0.3 is 19.1 Å². The number of hydrogen-bond acceptors (Lipinski definition) is 3. The van der Waals surface area contributed by atoms with Crippen LogP contribution in [-0.2, 0) is 44.1 Å². The van der Waals surface area contributed by atoms with Crippen LogP contribution in [0.5, 0.6) is 0 Å². The molecule has 4 nitrogen and oxygen atoms in total. The normalized spacial score (nSPS) is 30.7. The van der Waals surface area contributed by atoms with Crippen molar-refractivity contribution in [1.29, 1.82) is 0 Å². The topological polar surface area (TPSA) is 47.0 Å². The van der Waals surface area contributed by atoms with Crippen molar-refractivity contribution in [3.05, 3.63) is 35.6 Å². The molecule has 1 aliphatic rings. The molecule has 4 atom stereocenters. The molecule has 1 heterocycles. The molecule has 0 amide bonds. The summed E-state index contributed by atoms with van der Waals surface area (Å²) in [6, 6.07) is 3.20. The number of aliphatic hydroxyl groups excluding tert-OH is 1. The van der Waals surface area contributed by atoms with Crippen molar-refractivity contribution >= 4 is 7.85 Å². The van der Waals surface area contributed by atoms with Crippen LogP contribution in [0.25, 0.3) is 4.85 Å². The molecular weight excluding hydrogens is 306 g/mol. The summed E-state index contributed by atoms with van der Waals surface area (Å²) in [7, 11) is 5.84. The minimum absolute atomic E-state index is 0. The number of rotatable bonds is 4. The molecule has 1 saturated carbocycles. The second kappa shape index (κ2) is 7.45. The zero-order valence-corrected chi connectivity index (χ0v) is 12.8. The molecule has 3 radical (unpaired) electrons. The number of hydrogen-bond donors (Lipinski definition) is 1. The Morgan fingerprint density at radius 3 is 3.06 bits per heavy atom. The van der Waals surface area contributed by atoms with Gasteiger partial charge in [-0.3, -0.25) is 0 Å². The summed E-state index contributed by atoms with van der Waals surface area (Å²) in [5.74, 6) is 0.204. The SMILES string of the molecule is [B]C1C(O)CC([N+]#[C-])C1COCc1cc[c-]o1.[Y]. The van der Waals surface area contributed by atoms with Crippen molar-refractivity contribution in [1.82, 2.24) is 0 Å². The van der Waals surface area contributed by atoms with Gasteiger partial charge >= 0.3 is 0 Å². The van der Waals surface area contributed by atoms with Crippen LogP contribution in [0.1, 0.15) is 12.2 Å². The van der Waals surface area contributed by atoms with E-state index in [4.69, 9.17) is 23.6 Å². The molecule has 0 bridgehead atoms. The Morgan fingerprint density at radius 2 is 2.44 bits per heavy atom. The molecule has 4 unspecified atom stereocenters. The first kappa shape index (κ1) is 15.9. The van der Waals surface area contributed by atoms with Crippen LogP contribution in [0.3, 0.4) is 0 Å². The smallest absolute Gasteiger partial charge is 0.230 e. The van der Waals surface area contributed by atoms with E-state index >= 15 is 0 Å². The number of aliphatic hydroxyl groups is 1. The zero-order chi connectivity index (χ0) is 12.3. The van der Waals surface area contributed by atoms with Crippen molar-refractivity contribution in [3.8, 4) is 0 Å². The first-order valence-electron chi connectivity index (χ1n) is 5.55. The van der Waals surface area contributed by atoms with Gasteiger partial charge in [0.1, 0.15) is 0 Å². The summed E-state index contributed by atoms with van der Waals surface area (Å²) in [6.45, 7) is 7.77. The van der Waals surface area contributed by atoms with Crippen molar-refractivity contribution in [2.24, 2.45) is 5.92 Å². The van der Waals surface area contributed by atoms with Crippen molar-refractivity contribution in [2.45, 2.75) is 31.0 Å². The third kappa shape index (κ3) is 3.68. The fourth-order valence-corrected chi connectivity index (χ4v) is 2.14. The van der Waals surface area contributed by atoms with Gasteiger partial charge in [-0.25, -0.2) is 6.57 Å². The molecule has 0 aliphatic heterocycles. The summed E-state index contributed by atoms with van der Waals surface area (Å²) in [5, 5.41) is 9.61. The number of ether oxygens (including phenoxy) is 1. The van der Waals surface area contributed by atoms with Gasteiger partial charge in [-0.1, -0.05) is 0 Å². The Labute approximate surface area is 133 Å². The van der Waals surface area contributed by atoms with Gasteiger partial charge in [0, 0.05) is 45.7 Å². The Kier molecular flexibility index (Phi) is 6.59. The second-order valence-corrected chi connectivity index (χ2v) is 4.28. The summed E-state index contributed by atoms with van der Waals surface area (Å²) >= 11 is 0. The Morgan fingerprint density at radius 1 is 1.67 bits per heavy atom. The maximum Gasteiger partial charge on any atom is 0.230 e. The van der Waals surface area contributed by atoms with Crippen molar-refractivity contribution in [3.63, 3.8) is 0 Å². The summed E-state index contributed by atoms with van der Waals surface area (Å²) in [6.07, 6.45) is 2.42. The van der Waals surface area contributed by atoms with Crippen LogP contribution in [-0.4, -0.2) is 31.7 Å². The molecule has 1 aromatic heterocycles. The van der Waals surface area contributed by atoms with Gasteiger partial charge in [0.15, 0.2) is 0 Å². The van der Waals surface area contributed by atoms with Gasteiger partial charge in [0.2, 0.25) is 6.04 Å². The predicted octanol–water partition coefficient (Wildman–Crippen LogP) is 1.22. The first-order valence-corrected chi connectivity index (χ1v) is 5.55. The van der Waals surface area contributed by atoms with Gasteiger partial charge in [0.25, 0.3) is 0 Å². The van der Waals surface area contributed by atoms with E-state index in [-0.39, 0.29) is 50.5 Å². The zero-order valence-electron chi connectivity index (χ0n) is 9.95. The largest absolute Gasteiger partial charge is 0.593 e. The molecule has 0 spiro atoms. The van der Waals surface area contributed by atoms with E-state index in [0.29, 0.717) is 25.4 Å². The van der Waals surface area contributed by atoms with Gasteiger partial charge in [0.05, 0.1) is 26.5 Å². The van der Waals surface area contributed by atoms with E-state index in [2.05, 4.69) is 11.1 Å². The van der Waals surface area contributed by atoms with Crippen molar-refractivity contribution in [2.75, 3.05) is 6.61 Å². The number of nitrogens with zero attached hydrogens (tertiary/aromatic N) is 1. The molecule has 0 aromatic carbocycles. The maximum absolute atomic E-state index is 9.61. The summed E-state index contributed by atoms with van der Waals surface area (Å²) in [5.41, 5.74) is 0. The molecule has 1 N–H and O–H groups in total. The maximum atomic E-state index is 9.61. The molecular formula is C12H13BNO3Y-.